The molecule has 0 aromatic rings. The Labute approximate surface area is 145 Å². The zero-order valence-corrected chi connectivity index (χ0v) is 16.1. The summed E-state index contributed by atoms with van der Waals surface area (Å²) in [5.41, 5.74) is 1.28. The van der Waals surface area contributed by atoms with Gasteiger partial charge in [0.1, 0.15) is 0 Å². The summed E-state index contributed by atoms with van der Waals surface area (Å²) < 4.78 is 0. The molecule has 6 fully saturated rings. The number of hydrogen-bond donors (Lipinski definition) is 0. The lowest BCUT2D eigenvalue weighted by molar-refractivity contribution is -0.101. The lowest BCUT2D eigenvalue weighted by atomic mass is 9.21. The topological polar surface area (TPSA) is 0 Å². The second kappa shape index (κ2) is 5.15. The molecule has 6 aliphatic rings. The molecule has 7 atom stereocenters. The average molecular weight is 312 g/mol. The van der Waals surface area contributed by atoms with Gasteiger partial charge in [0.25, 0.3) is 0 Å². The molecule has 23 heavy (non-hydrogen) atoms. The van der Waals surface area contributed by atoms with Crippen LogP contribution in [0, 0.1) is 40.4 Å². The van der Waals surface area contributed by atoms with Crippen LogP contribution in [0.1, 0.15) is 66.7 Å². The van der Waals surface area contributed by atoms with E-state index in [2.05, 4.69) is 47.3 Å². The van der Waals surface area contributed by atoms with E-state index in [1.807, 2.05) is 0 Å². The van der Waals surface area contributed by atoms with Crippen molar-refractivity contribution >= 4 is 6.71 Å². The minimum atomic E-state index is 0.630. The third kappa shape index (κ3) is 2.17. The van der Waals surface area contributed by atoms with Gasteiger partial charge in [-0.25, -0.2) is 0 Å². The first kappa shape index (κ1) is 16.3. The summed E-state index contributed by atoms with van der Waals surface area (Å²) in [5.74, 6) is 6.95. The fraction of sp³-hybridized carbons (Fsp3) is 0.909. The molecule has 4 bridgehead atoms. The van der Waals surface area contributed by atoms with E-state index in [0.717, 1.165) is 47.9 Å². The van der Waals surface area contributed by atoms with E-state index in [-0.39, 0.29) is 0 Å². The van der Waals surface area contributed by atoms with Crippen molar-refractivity contribution in [1.29, 1.82) is 0 Å². The Kier molecular flexibility index (Phi) is 3.65. The number of allylic oxidation sites excluding steroid dienone is 1. The molecule has 0 amide bonds. The molecule has 1 unspecified atom stereocenters. The highest BCUT2D eigenvalue weighted by molar-refractivity contribution is 6.62. The van der Waals surface area contributed by atoms with E-state index in [1.54, 1.807) is 0 Å². The molecule has 0 radical (unpaired) electrons. The standard InChI is InChI=1S/C22H37B/c1-7-8-23(18-10-15-9-16(11-18)21(15,3)4)20-13-17-12-19(14(20)2)22(17,5)6/h7,14-20H,1,8-13H2,2-6H3/t14-,15-,16+,17-,18?,19+,20-/m1/s1. The summed E-state index contributed by atoms with van der Waals surface area (Å²) in [6, 6.07) is 0. The zero-order valence-electron chi connectivity index (χ0n) is 16.1. The molecule has 6 saturated carbocycles. The van der Waals surface area contributed by atoms with Gasteiger partial charge in [-0.2, -0.15) is 0 Å². The fourth-order valence-electron chi connectivity index (χ4n) is 7.76. The van der Waals surface area contributed by atoms with Gasteiger partial charge in [-0.1, -0.05) is 77.9 Å². The maximum Gasteiger partial charge on any atom is 0.150 e. The van der Waals surface area contributed by atoms with Crippen LogP contribution >= 0.6 is 0 Å². The van der Waals surface area contributed by atoms with E-state index in [0.29, 0.717) is 10.8 Å². The minimum absolute atomic E-state index is 0.630. The van der Waals surface area contributed by atoms with E-state index in [4.69, 9.17) is 0 Å². The average Bonchev–Trinajstić information content (AvgIpc) is 2.52. The van der Waals surface area contributed by atoms with E-state index < -0.39 is 0 Å². The van der Waals surface area contributed by atoms with Gasteiger partial charge < -0.3 is 0 Å². The lowest BCUT2D eigenvalue weighted by Crippen LogP contribution is -2.57. The molecule has 0 N–H and O–H groups in total. The SMILES string of the molecule is C=CCB(C1C[C@@H]2C[C@H](C1)C2(C)C)[C@@H]1C[C@H]2C[C@@H]([C@H]1C)C2(C)C. The highest BCUT2D eigenvalue weighted by atomic mass is 14.6. The first-order chi connectivity index (χ1) is 10.8. The van der Waals surface area contributed by atoms with E-state index in [1.165, 1.54) is 38.4 Å². The van der Waals surface area contributed by atoms with Gasteiger partial charge in [-0.15, -0.1) is 6.58 Å². The third-order valence-corrected chi connectivity index (χ3v) is 9.86. The van der Waals surface area contributed by atoms with E-state index >= 15 is 0 Å². The van der Waals surface area contributed by atoms with Crippen LogP contribution in [0.4, 0.5) is 0 Å². The van der Waals surface area contributed by atoms with Crippen LogP contribution in [-0.2, 0) is 0 Å². The van der Waals surface area contributed by atoms with Crippen molar-refractivity contribution < 1.29 is 0 Å². The summed E-state index contributed by atoms with van der Waals surface area (Å²) in [6.45, 7) is 17.8. The van der Waals surface area contributed by atoms with Crippen molar-refractivity contribution in [3.8, 4) is 0 Å². The number of hydrogen-bond acceptors (Lipinski definition) is 0. The molecule has 0 aromatic heterocycles. The van der Waals surface area contributed by atoms with Gasteiger partial charge in [0.2, 0.25) is 0 Å². The van der Waals surface area contributed by atoms with Crippen molar-refractivity contribution in [3.05, 3.63) is 12.7 Å². The predicted octanol–water partition coefficient (Wildman–Crippen LogP) is 6.57. The van der Waals surface area contributed by atoms with Crippen molar-refractivity contribution in [2.75, 3.05) is 0 Å². The molecule has 0 aliphatic heterocycles. The second-order valence-corrected chi connectivity index (χ2v) is 11.0. The van der Waals surface area contributed by atoms with Gasteiger partial charge in [0, 0.05) is 0 Å². The van der Waals surface area contributed by atoms with Gasteiger partial charge in [-0.05, 0) is 53.3 Å². The van der Waals surface area contributed by atoms with Crippen LogP contribution in [0.25, 0.3) is 0 Å². The zero-order chi connectivity index (χ0) is 16.6. The molecule has 0 spiro atoms. The smallest absolute Gasteiger partial charge is 0.104 e. The Morgan fingerprint density at radius 1 is 0.913 bits per heavy atom. The summed E-state index contributed by atoms with van der Waals surface area (Å²) in [5, 5.41) is 0. The van der Waals surface area contributed by atoms with Crippen LogP contribution in [0.5, 0.6) is 0 Å². The van der Waals surface area contributed by atoms with Crippen LogP contribution in [0.15, 0.2) is 12.7 Å². The fourth-order valence-corrected chi connectivity index (χ4v) is 7.76. The summed E-state index contributed by atoms with van der Waals surface area (Å²) in [4.78, 5) is 0. The molecule has 128 valence electrons. The first-order valence-electron chi connectivity index (χ1n) is 10.4. The van der Waals surface area contributed by atoms with Gasteiger partial charge in [-0.3, -0.25) is 0 Å². The second-order valence-electron chi connectivity index (χ2n) is 11.0. The highest BCUT2D eigenvalue weighted by Gasteiger charge is 2.60. The summed E-state index contributed by atoms with van der Waals surface area (Å²) in [6.07, 6.45) is 11.1. The minimum Gasteiger partial charge on any atom is -0.104 e. The molecule has 1 heteroatoms. The molecule has 0 heterocycles. The molecule has 6 rings (SSSR count). The van der Waals surface area contributed by atoms with Crippen molar-refractivity contribution in [2.45, 2.75) is 84.7 Å². The number of fused-ring (bicyclic) bond motifs is 4. The Bertz CT molecular complexity index is 476. The maximum atomic E-state index is 4.13. The van der Waals surface area contributed by atoms with Gasteiger partial charge in [0.05, 0.1) is 0 Å². The molecule has 6 aliphatic carbocycles. The third-order valence-electron chi connectivity index (χ3n) is 9.86. The monoisotopic (exact) mass is 312 g/mol. The van der Waals surface area contributed by atoms with Crippen molar-refractivity contribution in [3.63, 3.8) is 0 Å². The molecule has 0 nitrogen and oxygen atoms in total. The van der Waals surface area contributed by atoms with Crippen LogP contribution < -0.4 is 0 Å². The Balaban J connectivity index is 1.50. The Morgan fingerprint density at radius 2 is 1.52 bits per heavy atom. The van der Waals surface area contributed by atoms with Crippen LogP contribution in [0.2, 0.25) is 18.0 Å². The highest BCUT2D eigenvalue weighted by Crippen LogP contribution is 2.68. The van der Waals surface area contributed by atoms with Gasteiger partial charge >= 0.3 is 0 Å². The first-order valence-corrected chi connectivity index (χ1v) is 10.4. The molecular formula is C22H37B. The van der Waals surface area contributed by atoms with Gasteiger partial charge in [0.15, 0.2) is 6.71 Å². The van der Waals surface area contributed by atoms with Crippen LogP contribution in [-0.4, -0.2) is 6.71 Å². The van der Waals surface area contributed by atoms with Crippen molar-refractivity contribution in [1.82, 2.24) is 0 Å². The quantitative estimate of drug-likeness (QED) is 0.407. The lowest BCUT2D eigenvalue weighted by Gasteiger charge is -2.65. The Hall–Kier alpha value is -0.195. The maximum absolute atomic E-state index is 4.13. The predicted molar refractivity (Wildman–Crippen MR) is 102 cm³/mol. The van der Waals surface area contributed by atoms with E-state index in [9.17, 15) is 0 Å². The van der Waals surface area contributed by atoms with Crippen LogP contribution in [0.3, 0.4) is 0 Å². The largest absolute Gasteiger partial charge is 0.150 e. The molecule has 0 aromatic carbocycles. The Morgan fingerprint density at radius 3 is 2.00 bits per heavy atom. The normalized spacial score (nSPS) is 48.8. The van der Waals surface area contributed by atoms with Crippen molar-refractivity contribution in [2.24, 2.45) is 40.4 Å². The number of rotatable bonds is 4. The molecular weight excluding hydrogens is 275 g/mol. The summed E-state index contributed by atoms with van der Waals surface area (Å²) in [7, 11) is 0. The molecule has 0 saturated heterocycles. The summed E-state index contributed by atoms with van der Waals surface area (Å²) >= 11 is 0.